The molecule has 0 aromatic heterocycles. The van der Waals surface area contributed by atoms with Crippen molar-refractivity contribution in [2.45, 2.75) is 13.0 Å². The summed E-state index contributed by atoms with van der Waals surface area (Å²) in [6, 6.07) is 7.59. The smallest absolute Gasteiger partial charge is 0.233 e. The minimum atomic E-state index is -0.130. The normalized spacial score (nSPS) is 27.8. The number of nitrogens with zero attached hydrogens (tertiary/aromatic N) is 2. The van der Waals surface area contributed by atoms with Crippen molar-refractivity contribution >= 4 is 53.4 Å². The summed E-state index contributed by atoms with van der Waals surface area (Å²) in [5.41, 5.74) is 1.09. The number of rotatable bonds is 5. The number of carbonyl (C=O) groups excluding carboxylic acids is 2. The number of guanidine groups is 1. The number of carbonyl (C=O) groups is 2. The van der Waals surface area contributed by atoms with E-state index in [4.69, 9.17) is 11.6 Å². The molecule has 2 N–H and O–H groups in total. The molecule has 4 atom stereocenters. The van der Waals surface area contributed by atoms with E-state index in [2.05, 4.69) is 27.8 Å². The molecule has 2 bridgehead atoms. The number of nitrogens with one attached hydrogen (secondary N) is 2. The summed E-state index contributed by atoms with van der Waals surface area (Å²) in [4.78, 5) is 30.9. The van der Waals surface area contributed by atoms with Crippen LogP contribution in [-0.4, -0.2) is 42.8 Å². The molecule has 3 aliphatic rings. The van der Waals surface area contributed by atoms with Crippen LogP contribution in [0.2, 0.25) is 5.02 Å². The van der Waals surface area contributed by atoms with Crippen molar-refractivity contribution in [3.8, 4) is 0 Å². The van der Waals surface area contributed by atoms with Crippen LogP contribution in [-0.2, 0) is 16.1 Å². The van der Waals surface area contributed by atoms with Crippen LogP contribution in [0.1, 0.15) is 12.0 Å². The van der Waals surface area contributed by atoms with Gasteiger partial charge >= 0.3 is 0 Å². The molecule has 1 aliphatic heterocycles. The predicted molar refractivity (Wildman–Crippen MR) is 120 cm³/mol. The van der Waals surface area contributed by atoms with E-state index in [1.54, 1.807) is 7.05 Å². The maximum Gasteiger partial charge on any atom is 0.233 e. The van der Waals surface area contributed by atoms with Crippen molar-refractivity contribution in [2.24, 2.45) is 28.7 Å². The van der Waals surface area contributed by atoms with E-state index in [1.165, 1.54) is 4.90 Å². The number of hydrogen-bond acceptors (Lipinski definition) is 3. The molecule has 150 valence electrons. The van der Waals surface area contributed by atoms with E-state index in [-0.39, 0.29) is 59.5 Å². The summed E-state index contributed by atoms with van der Waals surface area (Å²) in [6.07, 6.45) is 5.18. The number of hydrogen-bond donors (Lipinski definition) is 2. The van der Waals surface area contributed by atoms with Crippen LogP contribution in [0.25, 0.3) is 0 Å². The van der Waals surface area contributed by atoms with Gasteiger partial charge in [0.15, 0.2) is 5.96 Å². The van der Waals surface area contributed by atoms with Gasteiger partial charge in [-0.05, 0) is 36.0 Å². The summed E-state index contributed by atoms with van der Waals surface area (Å²) in [5.74, 6) is 0.864. The highest BCUT2D eigenvalue weighted by Crippen LogP contribution is 2.52. The number of aliphatic imine (C=N–C) groups is 1. The second kappa shape index (κ2) is 8.82. The summed E-state index contributed by atoms with van der Waals surface area (Å²) in [5, 5.41) is 7.09. The molecule has 0 radical (unpaired) electrons. The summed E-state index contributed by atoms with van der Waals surface area (Å²) in [6.45, 7) is 1.45. The average molecular weight is 515 g/mol. The molecular formula is C20H24ClIN4O2. The summed E-state index contributed by atoms with van der Waals surface area (Å²) >= 11 is 5.89. The monoisotopic (exact) mass is 514 g/mol. The summed E-state index contributed by atoms with van der Waals surface area (Å²) in [7, 11) is 1.69. The molecule has 2 aliphatic carbocycles. The molecule has 28 heavy (non-hydrogen) atoms. The molecule has 4 unspecified atom stereocenters. The standard InChI is InChI=1S/C20H23ClN4O2.HI/c1-22-20(24-11-12-2-6-15(21)7-3-12)23-8-9-25-18(26)16-13-4-5-14(10-13)17(16)19(25)27;/h2-7,13-14,16-17H,8-11H2,1H3,(H2,22,23,24);1H. The summed E-state index contributed by atoms with van der Waals surface area (Å²) < 4.78 is 0. The molecule has 1 aromatic carbocycles. The van der Waals surface area contributed by atoms with Gasteiger partial charge in [0.25, 0.3) is 0 Å². The van der Waals surface area contributed by atoms with Crippen molar-refractivity contribution in [3.05, 3.63) is 47.0 Å². The lowest BCUT2D eigenvalue weighted by molar-refractivity contribution is -0.140. The highest BCUT2D eigenvalue weighted by Gasteiger charge is 2.58. The Bertz CT molecular complexity index is 781. The Labute approximate surface area is 186 Å². The quantitative estimate of drug-likeness (QED) is 0.208. The van der Waals surface area contributed by atoms with Crippen molar-refractivity contribution in [1.82, 2.24) is 15.5 Å². The van der Waals surface area contributed by atoms with Gasteiger partial charge in [0, 0.05) is 31.7 Å². The van der Waals surface area contributed by atoms with Gasteiger partial charge in [-0.25, -0.2) is 0 Å². The largest absolute Gasteiger partial charge is 0.355 e. The highest BCUT2D eigenvalue weighted by molar-refractivity contribution is 14.0. The molecule has 2 amide bonds. The van der Waals surface area contributed by atoms with E-state index < -0.39 is 0 Å². The Balaban J connectivity index is 0.00000225. The van der Waals surface area contributed by atoms with Crippen LogP contribution in [0.4, 0.5) is 0 Å². The second-order valence-electron chi connectivity index (χ2n) is 7.31. The lowest BCUT2D eigenvalue weighted by Gasteiger charge is -2.18. The van der Waals surface area contributed by atoms with Gasteiger partial charge in [-0.1, -0.05) is 35.9 Å². The Morgan fingerprint density at radius 2 is 1.71 bits per heavy atom. The van der Waals surface area contributed by atoms with Crippen molar-refractivity contribution in [2.75, 3.05) is 20.1 Å². The van der Waals surface area contributed by atoms with Crippen molar-refractivity contribution in [1.29, 1.82) is 0 Å². The van der Waals surface area contributed by atoms with Gasteiger partial charge in [0.2, 0.25) is 11.8 Å². The minimum absolute atomic E-state index is 0. The van der Waals surface area contributed by atoms with E-state index in [9.17, 15) is 9.59 Å². The van der Waals surface area contributed by atoms with Gasteiger partial charge in [0.1, 0.15) is 0 Å². The maximum absolute atomic E-state index is 12.7. The number of imide groups is 1. The van der Waals surface area contributed by atoms with Gasteiger partial charge < -0.3 is 10.6 Å². The third-order valence-corrected chi connectivity index (χ3v) is 6.04. The lowest BCUT2D eigenvalue weighted by atomic mass is 9.85. The van der Waals surface area contributed by atoms with Gasteiger partial charge in [0.05, 0.1) is 11.8 Å². The molecule has 2 fully saturated rings. The number of likely N-dealkylation sites (tertiary alicyclic amines) is 1. The van der Waals surface area contributed by atoms with Crippen LogP contribution in [0.5, 0.6) is 0 Å². The predicted octanol–water partition coefficient (Wildman–Crippen LogP) is 2.43. The van der Waals surface area contributed by atoms with Crippen LogP contribution in [0, 0.1) is 23.7 Å². The number of halogens is 2. The van der Waals surface area contributed by atoms with Gasteiger partial charge in [-0.3, -0.25) is 19.5 Å². The van der Waals surface area contributed by atoms with E-state index in [0.29, 0.717) is 30.6 Å². The van der Waals surface area contributed by atoms with Crippen LogP contribution < -0.4 is 10.6 Å². The molecule has 1 saturated carbocycles. The number of fused-ring (bicyclic) bond motifs is 5. The zero-order valence-corrected chi connectivity index (χ0v) is 18.7. The minimum Gasteiger partial charge on any atom is -0.355 e. The second-order valence-corrected chi connectivity index (χ2v) is 7.74. The zero-order valence-electron chi connectivity index (χ0n) is 15.6. The Morgan fingerprint density at radius 3 is 2.29 bits per heavy atom. The first-order valence-corrected chi connectivity index (χ1v) is 9.69. The first-order chi connectivity index (χ1) is 13.1. The van der Waals surface area contributed by atoms with Crippen LogP contribution >= 0.6 is 35.6 Å². The zero-order chi connectivity index (χ0) is 19.0. The fourth-order valence-electron chi connectivity index (χ4n) is 4.48. The number of benzene rings is 1. The fourth-order valence-corrected chi connectivity index (χ4v) is 4.61. The number of allylic oxidation sites excluding steroid dienone is 2. The maximum atomic E-state index is 12.7. The van der Waals surface area contributed by atoms with E-state index in [0.717, 1.165) is 12.0 Å². The van der Waals surface area contributed by atoms with Crippen molar-refractivity contribution in [3.63, 3.8) is 0 Å². The molecule has 4 rings (SSSR count). The topological polar surface area (TPSA) is 73.8 Å². The SMILES string of the molecule is CN=C(NCCN1C(=O)C2C3C=CC(C3)C2C1=O)NCc1ccc(Cl)cc1.I. The van der Waals surface area contributed by atoms with Gasteiger partial charge in [-0.2, -0.15) is 0 Å². The van der Waals surface area contributed by atoms with E-state index >= 15 is 0 Å². The first kappa shape index (κ1) is 21.1. The van der Waals surface area contributed by atoms with Crippen LogP contribution in [0.3, 0.4) is 0 Å². The Hall–Kier alpha value is -1.61. The molecular weight excluding hydrogens is 491 g/mol. The Morgan fingerprint density at radius 1 is 1.11 bits per heavy atom. The average Bonchev–Trinajstić information content (AvgIpc) is 3.35. The molecule has 8 heteroatoms. The molecule has 1 heterocycles. The van der Waals surface area contributed by atoms with Crippen LogP contribution in [0.15, 0.2) is 41.4 Å². The molecule has 6 nitrogen and oxygen atoms in total. The lowest BCUT2D eigenvalue weighted by Crippen LogP contribution is -2.43. The van der Waals surface area contributed by atoms with E-state index in [1.807, 2.05) is 24.3 Å². The molecule has 0 spiro atoms. The third kappa shape index (κ3) is 3.91. The van der Waals surface area contributed by atoms with Gasteiger partial charge in [-0.15, -0.1) is 24.0 Å². The third-order valence-electron chi connectivity index (χ3n) is 5.79. The van der Waals surface area contributed by atoms with Crippen molar-refractivity contribution < 1.29 is 9.59 Å². The fraction of sp³-hybridized carbons (Fsp3) is 0.450. The Kier molecular flexibility index (Phi) is 6.65. The highest BCUT2D eigenvalue weighted by atomic mass is 127. The molecule has 1 aromatic rings. The molecule has 1 saturated heterocycles. The first-order valence-electron chi connectivity index (χ1n) is 9.31. The number of amides is 2.